The van der Waals surface area contributed by atoms with Gasteiger partial charge >= 0.3 is 0 Å². The topological polar surface area (TPSA) is 47.6 Å². The zero-order valence-electron chi connectivity index (χ0n) is 14.0. The molecule has 1 aromatic carbocycles. The molecule has 0 spiro atoms. The highest BCUT2D eigenvalue weighted by molar-refractivity contribution is 5.82. The third-order valence-electron chi connectivity index (χ3n) is 6.25. The van der Waals surface area contributed by atoms with Crippen LogP contribution in [0.25, 0.3) is 0 Å². The summed E-state index contributed by atoms with van der Waals surface area (Å²) >= 11 is 0. The number of hydrogen-bond acceptors (Lipinski definition) is 4. The summed E-state index contributed by atoms with van der Waals surface area (Å²) in [4.78, 5) is 12.4. The lowest BCUT2D eigenvalue weighted by molar-refractivity contribution is -0.171. The van der Waals surface area contributed by atoms with Crippen molar-refractivity contribution >= 4 is 5.78 Å². The molecule has 3 atom stereocenters. The molecule has 2 bridgehead atoms. The van der Waals surface area contributed by atoms with Crippen LogP contribution in [-0.2, 0) is 21.4 Å². The molecule has 1 aromatic rings. The summed E-state index contributed by atoms with van der Waals surface area (Å²) in [5.41, 5.74) is 2.17. The number of ketones is 1. The molecule has 0 aromatic heterocycles. The molecule has 1 unspecified atom stereocenters. The fourth-order valence-corrected chi connectivity index (χ4v) is 5.36. The maximum atomic E-state index is 12.4. The molecule has 1 aliphatic heterocycles. The molecule has 0 amide bonds. The Morgan fingerprint density at radius 2 is 2.22 bits per heavy atom. The summed E-state index contributed by atoms with van der Waals surface area (Å²) in [6.07, 6.45) is 3.99. The SMILES string of the molecule is CCOC12CCC(=O)C[C@@]13CCN[C@@H]2Cc1ccc(OC)cc13. The van der Waals surface area contributed by atoms with Crippen LogP contribution in [-0.4, -0.2) is 37.7 Å². The second kappa shape index (κ2) is 5.32. The van der Waals surface area contributed by atoms with E-state index in [4.69, 9.17) is 9.47 Å². The highest BCUT2D eigenvalue weighted by Gasteiger charge is 2.64. The Bertz CT molecular complexity index is 644. The van der Waals surface area contributed by atoms with Crippen molar-refractivity contribution in [3.63, 3.8) is 0 Å². The summed E-state index contributed by atoms with van der Waals surface area (Å²) in [7, 11) is 1.70. The maximum Gasteiger partial charge on any atom is 0.134 e. The predicted molar refractivity (Wildman–Crippen MR) is 88.0 cm³/mol. The van der Waals surface area contributed by atoms with Gasteiger partial charge in [-0.05, 0) is 56.0 Å². The summed E-state index contributed by atoms with van der Waals surface area (Å²) in [5, 5.41) is 3.69. The van der Waals surface area contributed by atoms with Crippen LogP contribution in [0.5, 0.6) is 5.75 Å². The zero-order valence-corrected chi connectivity index (χ0v) is 14.0. The number of carbonyl (C=O) groups is 1. The van der Waals surface area contributed by atoms with E-state index in [0.717, 1.165) is 31.6 Å². The van der Waals surface area contributed by atoms with Gasteiger partial charge < -0.3 is 14.8 Å². The Labute approximate surface area is 137 Å². The van der Waals surface area contributed by atoms with Crippen molar-refractivity contribution in [2.75, 3.05) is 20.3 Å². The molecule has 0 radical (unpaired) electrons. The van der Waals surface area contributed by atoms with Gasteiger partial charge in [-0.2, -0.15) is 0 Å². The summed E-state index contributed by atoms with van der Waals surface area (Å²) in [6.45, 7) is 3.70. The Morgan fingerprint density at radius 3 is 3.00 bits per heavy atom. The van der Waals surface area contributed by atoms with Gasteiger partial charge in [0, 0.05) is 30.9 Å². The molecule has 1 saturated carbocycles. The molecule has 124 valence electrons. The van der Waals surface area contributed by atoms with Crippen LogP contribution in [0.15, 0.2) is 18.2 Å². The van der Waals surface area contributed by atoms with Gasteiger partial charge in [0.05, 0.1) is 12.7 Å². The first-order valence-electron chi connectivity index (χ1n) is 8.71. The average Bonchev–Trinajstić information content (AvgIpc) is 2.55. The Balaban J connectivity index is 1.94. The van der Waals surface area contributed by atoms with Crippen LogP contribution < -0.4 is 10.1 Å². The molecule has 4 rings (SSSR count). The quantitative estimate of drug-likeness (QED) is 0.930. The number of fused-ring (bicyclic) bond motifs is 1. The second-order valence-corrected chi connectivity index (χ2v) is 7.10. The highest BCUT2D eigenvalue weighted by Crippen LogP contribution is 2.57. The number of Topliss-reactive ketones (excluding diaryl/α,β-unsaturated/α-hetero) is 1. The van der Waals surface area contributed by atoms with Gasteiger partial charge in [-0.15, -0.1) is 0 Å². The van der Waals surface area contributed by atoms with Crippen molar-refractivity contribution in [1.82, 2.24) is 5.32 Å². The van der Waals surface area contributed by atoms with Crippen molar-refractivity contribution in [2.45, 2.75) is 56.1 Å². The van der Waals surface area contributed by atoms with E-state index in [1.54, 1.807) is 7.11 Å². The summed E-state index contributed by atoms with van der Waals surface area (Å²) in [6, 6.07) is 6.66. The summed E-state index contributed by atoms with van der Waals surface area (Å²) in [5.74, 6) is 1.25. The van der Waals surface area contributed by atoms with E-state index < -0.39 is 0 Å². The minimum absolute atomic E-state index is 0.198. The Kier molecular flexibility index (Phi) is 3.50. The van der Waals surface area contributed by atoms with E-state index in [9.17, 15) is 4.79 Å². The predicted octanol–water partition coefficient (Wildman–Crippen LogP) is 2.38. The Morgan fingerprint density at radius 1 is 1.35 bits per heavy atom. The highest BCUT2D eigenvalue weighted by atomic mass is 16.5. The largest absolute Gasteiger partial charge is 0.497 e. The molecule has 4 heteroatoms. The molecule has 2 fully saturated rings. The van der Waals surface area contributed by atoms with Gasteiger partial charge in [0.15, 0.2) is 0 Å². The number of rotatable bonds is 3. The molecule has 1 heterocycles. The molecule has 4 nitrogen and oxygen atoms in total. The van der Waals surface area contributed by atoms with Crippen LogP contribution in [0.4, 0.5) is 0 Å². The third-order valence-corrected chi connectivity index (χ3v) is 6.25. The van der Waals surface area contributed by atoms with Gasteiger partial charge in [0.1, 0.15) is 11.5 Å². The van der Waals surface area contributed by atoms with E-state index >= 15 is 0 Å². The third kappa shape index (κ3) is 1.94. The number of ether oxygens (including phenoxy) is 2. The minimum Gasteiger partial charge on any atom is -0.497 e. The number of methoxy groups -OCH3 is 1. The van der Waals surface area contributed by atoms with Crippen LogP contribution in [0.3, 0.4) is 0 Å². The molecule has 23 heavy (non-hydrogen) atoms. The lowest BCUT2D eigenvalue weighted by atomic mass is 9.49. The molecule has 2 aliphatic carbocycles. The summed E-state index contributed by atoms with van der Waals surface area (Å²) < 4.78 is 11.9. The fraction of sp³-hybridized carbons (Fsp3) is 0.632. The normalized spacial score (nSPS) is 35.4. The Hall–Kier alpha value is -1.39. The first-order valence-corrected chi connectivity index (χ1v) is 8.71. The molecule has 1 N–H and O–H groups in total. The van der Waals surface area contributed by atoms with E-state index in [2.05, 4.69) is 24.4 Å². The minimum atomic E-state index is -0.257. The zero-order chi connectivity index (χ0) is 16.1. The van der Waals surface area contributed by atoms with Gasteiger partial charge in [0.2, 0.25) is 0 Å². The number of nitrogens with one attached hydrogen (secondary N) is 1. The smallest absolute Gasteiger partial charge is 0.134 e. The fourth-order valence-electron chi connectivity index (χ4n) is 5.36. The first kappa shape index (κ1) is 15.2. The standard InChI is InChI=1S/C19H25NO3/c1-3-23-19-7-6-14(21)12-18(19)8-9-20-17(19)10-13-4-5-15(22-2)11-16(13)18/h4-5,11,17,20H,3,6-10,12H2,1-2H3/t17-,18-,19?/m1/s1. The van der Waals surface area contributed by atoms with Crippen molar-refractivity contribution < 1.29 is 14.3 Å². The van der Waals surface area contributed by atoms with E-state index in [0.29, 0.717) is 31.3 Å². The number of piperidine rings is 1. The lowest BCUT2D eigenvalue weighted by Crippen LogP contribution is -2.73. The van der Waals surface area contributed by atoms with Crippen molar-refractivity contribution in [1.29, 1.82) is 0 Å². The maximum absolute atomic E-state index is 12.4. The van der Waals surface area contributed by atoms with Gasteiger partial charge in [0.25, 0.3) is 0 Å². The molecular weight excluding hydrogens is 290 g/mol. The van der Waals surface area contributed by atoms with Gasteiger partial charge in [-0.1, -0.05) is 6.07 Å². The van der Waals surface area contributed by atoms with Crippen molar-refractivity contribution in [2.24, 2.45) is 0 Å². The van der Waals surface area contributed by atoms with Crippen LogP contribution in [0.2, 0.25) is 0 Å². The first-order chi connectivity index (χ1) is 11.1. The van der Waals surface area contributed by atoms with Gasteiger partial charge in [-0.25, -0.2) is 0 Å². The molecule has 3 aliphatic rings. The number of carbonyl (C=O) groups excluding carboxylic acids is 1. The molecular formula is C19H25NO3. The van der Waals surface area contributed by atoms with Crippen molar-refractivity contribution in [3.8, 4) is 5.75 Å². The monoisotopic (exact) mass is 315 g/mol. The second-order valence-electron chi connectivity index (χ2n) is 7.10. The number of benzene rings is 1. The van der Waals surface area contributed by atoms with E-state index in [1.165, 1.54) is 11.1 Å². The van der Waals surface area contributed by atoms with E-state index in [-0.39, 0.29) is 11.0 Å². The van der Waals surface area contributed by atoms with E-state index in [1.807, 2.05) is 6.07 Å². The van der Waals surface area contributed by atoms with Crippen LogP contribution >= 0.6 is 0 Å². The van der Waals surface area contributed by atoms with Crippen molar-refractivity contribution in [3.05, 3.63) is 29.3 Å². The van der Waals surface area contributed by atoms with Crippen LogP contribution in [0.1, 0.15) is 43.7 Å². The number of hydrogen-bond donors (Lipinski definition) is 1. The average molecular weight is 315 g/mol. The lowest BCUT2D eigenvalue weighted by Gasteiger charge is -2.62. The van der Waals surface area contributed by atoms with Crippen LogP contribution in [0, 0.1) is 0 Å². The molecule has 1 saturated heterocycles. The van der Waals surface area contributed by atoms with Gasteiger partial charge in [-0.3, -0.25) is 4.79 Å².